The molecule has 13 rings (SSSR count). The van der Waals surface area contributed by atoms with Crippen molar-refractivity contribution in [2.24, 2.45) is 0 Å². The topological polar surface area (TPSA) is 21.3 Å². The van der Waals surface area contributed by atoms with Gasteiger partial charge in [0, 0.05) is 55.7 Å². The lowest BCUT2D eigenvalue weighted by Gasteiger charge is -2.26. The Bertz CT molecular complexity index is 3930. The molecule has 304 valence electrons. The van der Waals surface area contributed by atoms with Gasteiger partial charge in [-0.1, -0.05) is 164 Å². The Balaban J connectivity index is 0.955. The van der Waals surface area contributed by atoms with Gasteiger partial charge in [0.25, 0.3) is 0 Å². The highest BCUT2D eigenvalue weighted by atomic mass is 16.3. The molecule has 0 aliphatic rings. The molecule has 0 fully saturated rings. The van der Waals surface area contributed by atoms with Gasteiger partial charge < -0.3 is 13.9 Å². The van der Waals surface area contributed by atoms with Gasteiger partial charge in [0.15, 0.2) is 0 Å². The largest absolute Gasteiger partial charge is 0.456 e. The van der Waals surface area contributed by atoms with Gasteiger partial charge in [-0.2, -0.15) is 0 Å². The van der Waals surface area contributed by atoms with E-state index >= 15 is 0 Å². The van der Waals surface area contributed by atoms with E-state index in [9.17, 15) is 0 Å². The zero-order valence-corrected chi connectivity index (χ0v) is 35.4. The van der Waals surface area contributed by atoms with Gasteiger partial charge in [0.1, 0.15) is 11.2 Å². The van der Waals surface area contributed by atoms with Crippen LogP contribution in [0.4, 0.5) is 17.1 Å². The van der Waals surface area contributed by atoms with E-state index in [-0.39, 0.29) is 0 Å². The van der Waals surface area contributed by atoms with Crippen molar-refractivity contribution in [2.45, 2.75) is 0 Å². The molecule has 0 saturated heterocycles. The predicted octanol–water partition coefficient (Wildman–Crippen LogP) is 17.5. The molecule has 3 nitrogen and oxygen atoms in total. The van der Waals surface area contributed by atoms with Gasteiger partial charge >= 0.3 is 0 Å². The summed E-state index contributed by atoms with van der Waals surface area (Å²) >= 11 is 0. The molecule has 0 saturated carbocycles. The summed E-state index contributed by atoms with van der Waals surface area (Å²) in [6.45, 7) is 0. The summed E-state index contributed by atoms with van der Waals surface area (Å²) in [4.78, 5) is 2.33. The lowest BCUT2D eigenvalue weighted by Crippen LogP contribution is -2.09. The standard InChI is InChI=1S/C62H40N2O/c1-2-12-41(13-3-1)48-37-49(39-53(38-48)64-59-20-10-8-18-55(59)58-34-28-45-15-6-7-17-54(45)62(58)64)44-26-31-51(32-27-44)63(52-33-35-57-56-19-9-11-21-60(56)65-61(57)40-52)50-29-24-43(25-30-50)47-23-22-42-14-4-5-16-46(42)36-47/h1-40H. The van der Waals surface area contributed by atoms with Gasteiger partial charge in [-0.05, 0) is 122 Å². The number of furan rings is 1. The van der Waals surface area contributed by atoms with Crippen molar-refractivity contribution in [3.63, 3.8) is 0 Å². The summed E-state index contributed by atoms with van der Waals surface area (Å²) in [6, 6.07) is 87.8. The predicted molar refractivity (Wildman–Crippen MR) is 274 cm³/mol. The van der Waals surface area contributed by atoms with Crippen LogP contribution < -0.4 is 4.90 Å². The minimum Gasteiger partial charge on any atom is -0.456 e. The van der Waals surface area contributed by atoms with Crippen LogP contribution in [0, 0.1) is 0 Å². The maximum Gasteiger partial charge on any atom is 0.137 e. The van der Waals surface area contributed by atoms with E-state index in [2.05, 4.69) is 240 Å². The average Bonchev–Trinajstić information content (AvgIpc) is 3.93. The molecule has 0 N–H and O–H groups in total. The molecular weight excluding hydrogens is 789 g/mol. The zero-order chi connectivity index (χ0) is 42.8. The number of nitrogens with zero attached hydrogens (tertiary/aromatic N) is 2. The van der Waals surface area contributed by atoms with Crippen LogP contribution in [-0.4, -0.2) is 4.57 Å². The van der Waals surface area contributed by atoms with Crippen molar-refractivity contribution in [1.82, 2.24) is 4.57 Å². The molecule has 65 heavy (non-hydrogen) atoms. The van der Waals surface area contributed by atoms with Crippen LogP contribution in [0.15, 0.2) is 247 Å². The second-order valence-electron chi connectivity index (χ2n) is 16.9. The molecule has 2 aromatic heterocycles. The fourth-order valence-electron chi connectivity index (χ4n) is 9.98. The Hall–Kier alpha value is -8.66. The number of hydrogen-bond acceptors (Lipinski definition) is 2. The lowest BCUT2D eigenvalue weighted by atomic mass is 9.97. The van der Waals surface area contributed by atoms with Crippen LogP contribution in [-0.2, 0) is 0 Å². The highest BCUT2D eigenvalue weighted by molar-refractivity contribution is 6.18. The Morgan fingerprint density at radius 2 is 0.831 bits per heavy atom. The zero-order valence-electron chi connectivity index (χ0n) is 35.4. The first-order valence-corrected chi connectivity index (χ1v) is 22.2. The Morgan fingerprint density at radius 3 is 1.60 bits per heavy atom. The fourth-order valence-corrected chi connectivity index (χ4v) is 9.98. The van der Waals surface area contributed by atoms with Gasteiger partial charge in [-0.15, -0.1) is 0 Å². The molecule has 0 aliphatic heterocycles. The quantitative estimate of drug-likeness (QED) is 0.160. The van der Waals surface area contributed by atoms with Crippen molar-refractivity contribution in [3.8, 4) is 39.1 Å². The van der Waals surface area contributed by atoms with Crippen LogP contribution >= 0.6 is 0 Å². The number of rotatable bonds is 7. The summed E-state index contributed by atoms with van der Waals surface area (Å²) in [5.74, 6) is 0. The molecule has 3 heteroatoms. The number of anilines is 3. The smallest absolute Gasteiger partial charge is 0.137 e. The second-order valence-corrected chi connectivity index (χ2v) is 16.9. The van der Waals surface area contributed by atoms with Crippen molar-refractivity contribution in [2.75, 3.05) is 4.90 Å². The molecule has 0 amide bonds. The molecule has 0 spiro atoms. The molecule has 0 bridgehead atoms. The highest BCUT2D eigenvalue weighted by Gasteiger charge is 2.19. The number of para-hydroxylation sites is 2. The van der Waals surface area contributed by atoms with E-state index in [0.717, 1.165) is 55.8 Å². The number of benzene rings is 11. The minimum absolute atomic E-state index is 0.862. The summed E-state index contributed by atoms with van der Waals surface area (Å²) in [6.07, 6.45) is 0. The Morgan fingerprint density at radius 1 is 0.292 bits per heavy atom. The Kier molecular flexibility index (Phi) is 8.53. The van der Waals surface area contributed by atoms with Crippen LogP contribution in [0.3, 0.4) is 0 Å². The number of hydrogen-bond donors (Lipinski definition) is 0. The third-order valence-corrected chi connectivity index (χ3v) is 13.1. The van der Waals surface area contributed by atoms with E-state index < -0.39 is 0 Å². The molecular formula is C62H40N2O. The molecule has 0 unspecified atom stereocenters. The second kappa shape index (κ2) is 15.0. The van der Waals surface area contributed by atoms with Crippen LogP contribution in [0.25, 0.3) is 104 Å². The number of aromatic nitrogens is 1. The molecule has 0 atom stereocenters. The average molecular weight is 829 g/mol. The van der Waals surface area contributed by atoms with E-state index in [1.165, 1.54) is 65.6 Å². The molecule has 0 aliphatic carbocycles. The lowest BCUT2D eigenvalue weighted by molar-refractivity contribution is 0.669. The van der Waals surface area contributed by atoms with Gasteiger partial charge in [-0.25, -0.2) is 0 Å². The fraction of sp³-hybridized carbons (Fsp3) is 0. The van der Waals surface area contributed by atoms with Gasteiger partial charge in [0.2, 0.25) is 0 Å². The van der Waals surface area contributed by atoms with Crippen LogP contribution in [0.1, 0.15) is 0 Å². The van der Waals surface area contributed by atoms with Crippen molar-refractivity contribution in [3.05, 3.63) is 243 Å². The molecule has 0 radical (unpaired) electrons. The molecule has 13 aromatic rings. The van der Waals surface area contributed by atoms with Crippen molar-refractivity contribution < 1.29 is 4.42 Å². The summed E-state index contributed by atoms with van der Waals surface area (Å²) in [5, 5.41) is 9.67. The number of fused-ring (bicyclic) bond motifs is 9. The summed E-state index contributed by atoms with van der Waals surface area (Å²) in [5.41, 5.74) is 15.4. The monoisotopic (exact) mass is 828 g/mol. The van der Waals surface area contributed by atoms with E-state index in [0.29, 0.717) is 0 Å². The first-order valence-electron chi connectivity index (χ1n) is 22.2. The maximum absolute atomic E-state index is 6.44. The minimum atomic E-state index is 0.862. The van der Waals surface area contributed by atoms with E-state index in [1.54, 1.807) is 0 Å². The summed E-state index contributed by atoms with van der Waals surface area (Å²) in [7, 11) is 0. The van der Waals surface area contributed by atoms with Gasteiger partial charge in [0.05, 0.1) is 11.0 Å². The first kappa shape index (κ1) is 36.9. The maximum atomic E-state index is 6.44. The third kappa shape index (κ3) is 6.28. The normalized spacial score (nSPS) is 11.7. The molecule has 11 aromatic carbocycles. The SMILES string of the molecule is c1ccc(-c2cc(-c3ccc(N(c4ccc(-c5ccc6ccccc6c5)cc4)c4ccc5c(c4)oc4ccccc45)cc3)cc(-n3c4ccccc4c4ccc5ccccc5c43)c2)cc1. The van der Waals surface area contributed by atoms with Crippen molar-refractivity contribution >= 4 is 82.4 Å². The van der Waals surface area contributed by atoms with Crippen LogP contribution in [0.5, 0.6) is 0 Å². The van der Waals surface area contributed by atoms with Crippen molar-refractivity contribution in [1.29, 1.82) is 0 Å². The Labute approximate surface area is 376 Å². The van der Waals surface area contributed by atoms with Gasteiger partial charge in [-0.3, -0.25) is 0 Å². The highest BCUT2D eigenvalue weighted by Crippen LogP contribution is 2.42. The summed E-state index contributed by atoms with van der Waals surface area (Å²) < 4.78 is 8.91. The van der Waals surface area contributed by atoms with E-state index in [1.807, 2.05) is 12.1 Å². The van der Waals surface area contributed by atoms with Crippen LogP contribution in [0.2, 0.25) is 0 Å². The van der Waals surface area contributed by atoms with E-state index in [4.69, 9.17) is 4.42 Å². The third-order valence-electron chi connectivity index (χ3n) is 13.1. The first-order chi connectivity index (χ1) is 32.2. The molecule has 2 heterocycles.